The summed E-state index contributed by atoms with van der Waals surface area (Å²) in [4.78, 5) is 27.3. The third-order valence-corrected chi connectivity index (χ3v) is 5.42. The zero-order valence-corrected chi connectivity index (χ0v) is 21.7. The molecule has 36 heavy (non-hydrogen) atoms. The van der Waals surface area contributed by atoms with Gasteiger partial charge in [-0.25, -0.2) is 15.9 Å². The van der Waals surface area contributed by atoms with Crippen molar-refractivity contribution in [3.05, 3.63) is 58.9 Å². The van der Waals surface area contributed by atoms with Crippen LogP contribution in [0.1, 0.15) is 73.3 Å². The molecular weight excluding hydrogens is 458 g/mol. The molecule has 6 N–H and O–H groups in total. The van der Waals surface area contributed by atoms with Crippen molar-refractivity contribution in [2.24, 2.45) is 16.7 Å². The van der Waals surface area contributed by atoms with E-state index in [-0.39, 0.29) is 23.3 Å². The molecule has 1 aromatic carbocycles. The van der Waals surface area contributed by atoms with E-state index in [1.807, 2.05) is 31.2 Å². The number of hydrogen-bond acceptors (Lipinski definition) is 7. The molecule has 0 spiro atoms. The smallest absolute Gasteiger partial charge is 0.270 e. The number of hydrogen-bond donors (Lipinski definition) is 4. The van der Waals surface area contributed by atoms with Crippen LogP contribution in [0.5, 0.6) is 5.75 Å². The highest BCUT2D eigenvalue weighted by atomic mass is 16.5. The van der Waals surface area contributed by atoms with Gasteiger partial charge in [-0.05, 0) is 56.5 Å². The van der Waals surface area contributed by atoms with Gasteiger partial charge in [0.2, 0.25) is 5.91 Å². The number of pyridine rings is 1. The van der Waals surface area contributed by atoms with E-state index in [0.29, 0.717) is 30.5 Å². The van der Waals surface area contributed by atoms with Crippen LogP contribution in [-0.2, 0) is 11.3 Å². The first-order valence-corrected chi connectivity index (χ1v) is 12.3. The van der Waals surface area contributed by atoms with Gasteiger partial charge in [-0.2, -0.15) is 0 Å². The Morgan fingerprint density at radius 1 is 1.19 bits per heavy atom. The first-order chi connectivity index (χ1) is 17.2. The number of hydrazine groups is 1. The topological polar surface area (TPSA) is 148 Å². The third-order valence-electron chi connectivity index (χ3n) is 5.42. The molecular formula is C26H39N7O3. The predicted octanol–water partition coefficient (Wildman–Crippen LogP) is 2.60. The van der Waals surface area contributed by atoms with Crippen molar-refractivity contribution in [1.29, 1.82) is 0 Å². The lowest BCUT2D eigenvalue weighted by molar-refractivity contribution is -0.119. The zero-order chi connectivity index (χ0) is 26.5. The largest absolute Gasteiger partial charge is 0.494 e. The number of carbonyl (C=O) groups is 2. The second kappa shape index (κ2) is 14.7. The molecule has 1 aliphatic carbocycles. The van der Waals surface area contributed by atoms with E-state index in [1.165, 1.54) is 32.1 Å². The molecule has 3 rings (SSSR count). The highest BCUT2D eigenvalue weighted by Gasteiger charge is 2.13. The quantitative estimate of drug-likeness (QED) is 0.190. The first-order valence-electron chi connectivity index (χ1n) is 12.3. The highest BCUT2D eigenvalue weighted by Crippen LogP contribution is 2.17. The van der Waals surface area contributed by atoms with Crippen molar-refractivity contribution in [1.82, 2.24) is 20.7 Å². The average molecular weight is 498 g/mol. The van der Waals surface area contributed by atoms with Crippen molar-refractivity contribution >= 4 is 17.6 Å². The summed E-state index contributed by atoms with van der Waals surface area (Å²) in [7, 11) is 1.56. The first kappa shape index (κ1) is 28.6. The van der Waals surface area contributed by atoms with Crippen molar-refractivity contribution in [3.63, 3.8) is 0 Å². The van der Waals surface area contributed by atoms with E-state index < -0.39 is 0 Å². The number of benzene rings is 1. The molecule has 0 aliphatic heterocycles. The van der Waals surface area contributed by atoms with Gasteiger partial charge in [-0.1, -0.05) is 31.4 Å². The standard InChI is InChI=1S/C18H24N6O2.C8H15NO/c1-4-26-15-7-5-6-13(9-15)11-21-18(25)16-10-14(8-12(2)22-16)17(19)23-24(3)20;1-7(10)9-8-5-3-2-4-6-8/h5-10H,4,11,20H2,1-3H3,(H2,19,23)(H,21,25);8H,2-6H2,1H3,(H,9,10). The Morgan fingerprint density at radius 3 is 2.56 bits per heavy atom. The molecule has 1 heterocycles. The molecule has 0 saturated heterocycles. The van der Waals surface area contributed by atoms with Crippen LogP contribution in [0.15, 0.2) is 41.5 Å². The summed E-state index contributed by atoms with van der Waals surface area (Å²) in [6.07, 6.45) is 6.27. The van der Waals surface area contributed by atoms with Gasteiger partial charge in [0.05, 0.1) is 6.61 Å². The van der Waals surface area contributed by atoms with E-state index in [0.717, 1.165) is 16.4 Å². The monoisotopic (exact) mass is 497 g/mol. The van der Waals surface area contributed by atoms with Gasteiger partial charge in [0.25, 0.3) is 5.91 Å². The van der Waals surface area contributed by atoms with Gasteiger partial charge < -0.3 is 21.1 Å². The molecule has 196 valence electrons. The Bertz CT molecular complexity index is 1030. The molecule has 10 heteroatoms. The van der Waals surface area contributed by atoms with Gasteiger partial charge >= 0.3 is 0 Å². The molecule has 1 aromatic heterocycles. The molecule has 1 aliphatic rings. The maximum absolute atomic E-state index is 12.5. The van der Waals surface area contributed by atoms with Crippen LogP contribution >= 0.6 is 0 Å². The molecule has 0 atom stereocenters. The van der Waals surface area contributed by atoms with Crippen LogP contribution in [0.4, 0.5) is 0 Å². The SMILES string of the molecule is CC(=O)NC1CCCCC1.CCOc1cccc(CNC(=O)c2cc(/C(N)=N/N(C)N)cc(C)n2)c1. The minimum absolute atomic E-state index is 0.118. The summed E-state index contributed by atoms with van der Waals surface area (Å²) in [5.74, 6) is 6.27. The summed E-state index contributed by atoms with van der Waals surface area (Å²) >= 11 is 0. The average Bonchev–Trinajstić information content (AvgIpc) is 2.83. The molecule has 1 saturated carbocycles. The minimum atomic E-state index is -0.300. The van der Waals surface area contributed by atoms with E-state index in [2.05, 4.69) is 20.7 Å². The summed E-state index contributed by atoms with van der Waals surface area (Å²) < 4.78 is 5.46. The fourth-order valence-corrected chi connectivity index (χ4v) is 3.88. The van der Waals surface area contributed by atoms with E-state index in [9.17, 15) is 9.59 Å². The van der Waals surface area contributed by atoms with Gasteiger partial charge in [0.1, 0.15) is 11.4 Å². The van der Waals surface area contributed by atoms with Crippen LogP contribution in [0.2, 0.25) is 0 Å². The minimum Gasteiger partial charge on any atom is -0.494 e. The summed E-state index contributed by atoms with van der Waals surface area (Å²) in [5.41, 5.74) is 8.33. The van der Waals surface area contributed by atoms with E-state index in [4.69, 9.17) is 16.3 Å². The molecule has 0 bridgehead atoms. The van der Waals surface area contributed by atoms with Crippen LogP contribution < -0.4 is 26.9 Å². The molecule has 1 fully saturated rings. The Kier molecular flexibility index (Phi) is 11.6. The number of amidine groups is 1. The van der Waals surface area contributed by atoms with Crippen LogP contribution in [0.25, 0.3) is 0 Å². The second-order valence-electron chi connectivity index (χ2n) is 8.74. The number of nitrogens with two attached hydrogens (primary N) is 2. The number of hydrazone groups is 1. The maximum atomic E-state index is 12.5. The summed E-state index contributed by atoms with van der Waals surface area (Å²) in [5, 5.41) is 10.8. The fraction of sp³-hybridized carbons (Fsp3) is 0.462. The zero-order valence-electron chi connectivity index (χ0n) is 21.7. The number of aromatic nitrogens is 1. The third kappa shape index (κ3) is 10.3. The normalized spacial score (nSPS) is 13.8. The lowest BCUT2D eigenvalue weighted by atomic mass is 9.95. The molecule has 0 unspecified atom stereocenters. The molecule has 2 amide bonds. The van der Waals surface area contributed by atoms with Crippen molar-refractivity contribution < 1.29 is 14.3 Å². The number of aryl methyl sites for hydroxylation is 1. The predicted molar refractivity (Wildman–Crippen MR) is 141 cm³/mol. The van der Waals surface area contributed by atoms with Gasteiger partial charge in [-0.15, -0.1) is 5.10 Å². The Labute approximate surface area is 213 Å². The number of ether oxygens (including phenoxy) is 1. The van der Waals surface area contributed by atoms with Crippen LogP contribution in [-0.4, -0.2) is 47.4 Å². The van der Waals surface area contributed by atoms with Gasteiger partial charge in [0, 0.05) is 37.8 Å². The molecule has 0 radical (unpaired) electrons. The van der Waals surface area contributed by atoms with Crippen LogP contribution in [0.3, 0.4) is 0 Å². The second-order valence-corrected chi connectivity index (χ2v) is 8.74. The Hall–Kier alpha value is -3.66. The summed E-state index contributed by atoms with van der Waals surface area (Å²) in [6.45, 7) is 6.25. The Balaban J connectivity index is 0.000000380. The van der Waals surface area contributed by atoms with E-state index >= 15 is 0 Å². The van der Waals surface area contributed by atoms with Crippen LogP contribution in [0, 0.1) is 6.92 Å². The number of rotatable bonds is 8. The number of carbonyl (C=O) groups excluding carboxylic acids is 2. The van der Waals surface area contributed by atoms with Crippen molar-refractivity contribution in [2.45, 2.75) is 65.5 Å². The fourth-order valence-electron chi connectivity index (χ4n) is 3.88. The van der Waals surface area contributed by atoms with Gasteiger partial charge in [0.15, 0.2) is 5.84 Å². The number of nitrogens with one attached hydrogen (secondary N) is 2. The maximum Gasteiger partial charge on any atom is 0.270 e. The Morgan fingerprint density at radius 2 is 1.92 bits per heavy atom. The molecule has 2 aromatic rings. The number of nitrogens with zero attached hydrogens (tertiary/aromatic N) is 3. The summed E-state index contributed by atoms with van der Waals surface area (Å²) in [6, 6.07) is 11.4. The van der Waals surface area contributed by atoms with Crippen molar-refractivity contribution in [2.75, 3.05) is 13.7 Å². The lowest BCUT2D eigenvalue weighted by Crippen LogP contribution is -2.34. The van der Waals surface area contributed by atoms with Crippen molar-refractivity contribution in [3.8, 4) is 5.75 Å². The highest BCUT2D eigenvalue weighted by molar-refractivity contribution is 6.00. The molecule has 10 nitrogen and oxygen atoms in total. The number of amides is 2. The van der Waals surface area contributed by atoms with E-state index in [1.54, 1.807) is 33.0 Å². The van der Waals surface area contributed by atoms with Gasteiger partial charge in [-0.3, -0.25) is 9.59 Å². The lowest BCUT2D eigenvalue weighted by Gasteiger charge is -2.21.